The second kappa shape index (κ2) is 4.89. The molecule has 1 rings (SSSR count). The van der Waals surface area contributed by atoms with E-state index in [1.54, 1.807) is 6.08 Å². The molecule has 1 aliphatic rings. The minimum absolute atomic E-state index is 0.246. The number of ether oxygens (including phenoxy) is 1. The number of nitrogens with one attached hydrogen (secondary N) is 1. The van der Waals surface area contributed by atoms with Crippen LogP contribution in [0.1, 0.15) is 6.42 Å². The highest BCUT2D eigenvalue weighted by Crippen LogP contribution is 2.09. The summed E-state index contributed by atoms with van der Waals surface area (Å²) in [5.41, 5.74) is 0. The zero-order chi connectivity index (χ0) is 9.68. The first-order valence-corrected chi connectivity index (χ1v) is 4.24. The van der Waals surface area contributed by atoms with Crippen LogP contribution in [0.2, 0.25) is 0 Å². The number of rotatable bonds is 4. The molecule has 0 aromatic heterocycles. The molecule has 0 saturated carbocycles. The van der Waals surface area contributed by atoms with Crippen molar-refractivity contribution in [2.45, 2.75) is 18.6 Å². The molecular weight excluding hydrogens is 170 g/mol. The summed E-state index contributed by atoms with van der Waals surface area (Å²) in [4.78, 5) is 21.4. The Kier molecular flexibility index (Phi) is 3.79. The van der Waals surface area contributed by atoms with Crippen LogP contribution in [0, 0.1) is 0 Å². The first-order chi connectivity index (χ1) is 6.29. The van der Waals surface area contributed by atoms with Gasteiger partial charge in [0.1, 0.15) is 6.04 Å². The van der Waals surface area contributed by atoms with Crippen LogP contribution >= 0.6 is 0 Å². The van der Waals surface area contributed by atoms with E-state index in [0.717, 1.165) is 0 Å². The van der Waals surface area contributed by atoms with Crippen molar-refractivity contribution in [1.82, 2.24) is 5.32 Å². The van der Waals surface area contributed by atoms with Crippen LogP contribution in [-0.4, -0.2) is 37.4 Å². The molecule has 2 unspecified atom stereocenters. The van der Waals surface area contributed by atoms with Crippen LogP contribution in [0.5, 0.6) is 0 Å². The van der Waals surface area contributed by atoms with Crippen molar-refractivity contribution < 1.29 is 14.3 Å². The lowest BCUT2D eigenvalue weighted by Crippen LogP contribution is -2.53. The Labute approximate surface area is 76.9 Å². The molecule has 1 N–H and O–H groups in total. The van der Waals surface area contributed by atoms with Gasteiger partial charge in [-0.05, 0) is 6.42 Å². The maximum absolute atomic E-state index is 11.1. The zero-order valence-electron chi connectivity index (χ0n) is 7.36. The molecule has 0 aromatic rings. The van der Waals surface area contributed by atoms with Crippen LogP contribution in [0.3, 0.4) is 0 Å². The average molecular weight is 183 g/mol. The Hall–Kier alpha value is -1.00. The molecule has 0 aliphatic carbocycles. The number of ketones is 1. The highest BCUT2D eigenvalue weighted by molar-refractivity contribution is 6.27. The number of aldehydes is 1. The topological polar surface area (TPSA) is 55.4 Å². The van der Waals surface area contributed by atoms with Gasteiger partial charge in [0.15, 0.2) is 6.29 Å². The molecule has 0 aromatic carbocycles. The van der Waals surface area contributed by atoms with Gasteiger partial charge in [0.2, 0.25) is 5.78 Å². The van der Waals surface area contributed by atoms with Gasteiger partial charge >= 0.3 is 0 Å². The summed E-state index contributed by atoms with van der Waals surface area (Å²) in [6.07, 6.45) is 2.35. The molecule has 0 bridgehead atoms. The van der Waals surface area contributed by atoms with Crippen molar-refractivity contribution in [1.29, 1.82) is 0 Å². The van der Waals surface area contributed by atoms with Crippen molar-refractivity contribution in [3.63, 3.8) is 0 Å². The molecule has 0 amide bonds. The number of carbonyl (C=O) groups excluding carboxylic acids is 2. The molecule has 72 valence electrons. The maximum atomic E-state index is 11.1. The van der Waals surface area contributed by atoms with Crippen molar-refractivity contribution in [2.24, 2.45) is 0 Å². The summed E-state index contributed by atoms with van der Waals surface area (Å²) < 4.78 is 5.34. The van der Waals surface area contributed by atoms with Crippen LogP contribution in [0.25, 0.3) is 0 Å². The molecule has 4 nitrogen and oxygen atoms in total. The summed E-state index contributed by atoms with van der Waals surface area (Å²) in [5, 5.41) is 2.95. The van der Waals surface area contributed by atoms with Crippen LogP contribution in [0.4, 0.5) is 0 Å². The molecule has 1 fully saturated rings. The van der Waals surface area contributed by atoms with Crippen molar-refractivity contribution in [3.05, 3.63) is 12.7 Å². The summed E-state index contributed by atoms with van der Waals surface area (Å²) in [6.45, 7) is 4.75. The number of hydrogen-bond acceptors (Lipinski definition) is 4. The number of hydrogen-bond donors (Lipinski definition) is 1. The van der Waals surface area contributed by atoms with E-state index < -0.39 is 11.8 Å². The Bertz CT molecular complexity index is 215. The fourth-order valence-corrected chi connectivity index (χ4v) is 1.38. The summed E-state index contributed by atoms with van der Waals surface area (Å²) >= 11 is 0. The van der Waals surface area contributed by atoms with Crippen LogP contribution < -0.4 is 5.32 Å². The van der Waals surface area contributed by atoms with Gasteiger partial charge in [-0.3, -0.25) is 9.59 Å². The maximum Gasteiger partial charge on any atom is 0.214 e. The number of Topliss-reactive ketones (excluding diaryl/α,β-unsaturated/α-hetero) is 1. The number of carbonyl (C=O) groups is 2. The standard InChI is InChI=1S/C9H13NO3/c1-2-3-8-9(7(12)6-11)10-4-5-13-8/h2,6,8-10H,1,3-5H2. The lowest BCUT2D eigenvalue weighted by molar-refractivity contribution is -0.135. The van der Waals surface area contributed by atoms with Gasteiger partial charge in [-0.25, -0.2) is 0 Å². The third kappa shape index (κ3) is 2.47. The zero-order valence-corrected chi connectivity index (χ0v) is 7.36. The lowest BCUT2D eigenvalue weighted by Gasteiger charge is -2.29. The Morgan fingerprint density at radius 2 is 2.46 bits per heavy atom. The van der Waals surface area contributed by atoms with Gasteiger partial charge in [0.25, 0.3) is 0 Å². The van der Waals surface area contributed by atoms with Gasteiger partial charge in [-0.15, -0.1) is 6.58 Å². The first kappa shape index (κ1) is 10.1. The van der Waals surface area contributed by atoms with E-state index in [2.05, 4.69) is 11.9 Å². The highest BCUT2D eigenvalue weighted by atomic mass is 16.5. The van der Waals surface area contributed by atoms with E-state index in [1.165, 1.54) is 0 Å². The van der Waals surface area contributed by atoms with Crippen LogP contribution in [0.15, 0.2) is 12.7 Å². The second-order valence-electron chi connectivity index (χ2n) is 2.89. The SMILES string of the molecule is C=CCC1OCCNC1C(=O)C=O. The fraction of sp³-hybridized carbons (Fsp3) is 0.556. The Morgan fingerprint density at radius 3 is 3.08 bits per heavy atom. The lowest BCUT2D eigenvalue weighted by atomic mass is 10.0. The van der Waals surface area contributed by atoms with Gasteiger partial charge in [-0.1, -0.05) is 6.08 Å². The monoisotopic (exact) mass is 183 g/mol. The Morgan fingerprint density at radius 1 is 1.69 bits per heavy atom. The molecule has 1 aliphatic heterocycles. The first-order valence-electron chi connectivity index (χ1n) is 4.24. The molecule has 2 atom stereocenters. The molecule has 13 heavy (non-hydrogen) atoms. The van der Waals surface area contributed by atoms with Gasteiger partial charge in [0, 0.05) is 6.54 Å². The summed E-state index contributed by atoms with van der Waals surface area (Å²) in [7, 11) is 0. The van der Waals surface area contributed by atoms with Crippen molar-refractivity contribution in [2.75, 3.05) is 13.2 Å². The van der Waals surface area contributed by atoms with E-state index in [-0.39, 0.29) is 6.10 Å². The molecule has 1 heterocycles. The molecule has 1 saturated heterocycles. The third-order valence-corrected chi connectivity index (χ3v) is 1.99. The second-order valence-corrected chi connectivity index (χ2v) is 2.89. The quantitative estimate of drug-likeness (QED) is 0.369. The van der Waals surface area contributed by atoms with Gasteiger partial charge < -0.3 is 10.1 Å². The summed E-state index contributed by atoms with van der Waals surface area (Å²) in [6, 6.07) is -0.496. The molecule has 4 heteroatoms. The Balaban J connectivity index is 2.60. The van der Waals surface area contributed by atoms with E-state index in [9.17, 15) is 9.59 Å². The van der Waals surface area contributed by atoms with Crippen molar-refractivity contribution >= 4 is 12.1 Å². The smallest absolute Gasteiger partial charge is 0.214 e. The van der Waals surface area contributed by atoms with Crippen LogP contribution in [-0.2, 0) is 14.3 Å². The molecular formula is C9H13NO3. The normalized spacial score (nSPS) is 28.0. The van der Waals surface area contributed by atoms with Crippen molar-refractivity contribution in [3.8, 4) is 0 Å². The fourth-order valence-electron chi connectivity index (χ4n) is 1.38. The third-order valence-electron chi connectivity index (χ3n) is 1.99. The summed E-state index contributed by atoms with van der Waals surface area (Å²) in [5.74, 6) is -0.452. The molecule has 0 radical (unpaired) electrons. The predicted octanol–water partition coefficient (Wildman–Crippen LogP) is -0.312. The minimum Gasteiger partial charge on any atom is -0.374 e. The average Bonchev–Trinajstić information content (AvgIpc) is 2.18. The largest absolute Gasteiger partial charge is 0.374 e. The highest BCUT2D eigenvalue weighted by Gasteiger charge is 2.29. The van der Waals surface area contributed by atoms with Gasteiger partial charge in [0.05, 0.1) is 12.7 Å². The van der Waals surface area contributed by atoms with E-state index >= 15 is 0 Å². The van der Waals surface area contributed by atoms with Gasteiger partial charge in [-0.2, -0.15) is 0 Å². The van der Waals surface area contributed by atoms with E-state index in [0.29, 0.717) is 25.9 Å². The molecule has 0 spiro atoms. The van der Waals surface area contributed by atoms with E-state index in [1.807, 2.05) is 0 Å². The minimum atomic E-state index is -0.496. The predicted molar refractivity (Wildman–Crippen MR) is 47.4 cm³/mol. The number of morpholine rings is 1. The van der Waals surface area contributed by atoms with E-state index in [4.69, 9.17) is 4.74 Å².